The number of alkyl carbamates (subject to hydrolysis) is 1. The Morgan fingerprint density at radius 3 is 2.71 bits per heavy atom. The number of fused-ring (bicyclic) bond motifs is 1. The summed E-state index contributed by atoms with van der Waals surface area (Å²) in [6, 6.07) is 2.03. The maximum atomic E-state index is 13.5. The number of benzene rings is 1. The van der Waals surface area contributed by atoms with Crippen molar-refractivity contribution in [2.45, 2.75) is 55.5 Å². The van der Waals surface area contributed by atoms with Crippen molar-refractivity contribution in [2.24, 2.45) is 0 Å². The first-order valence-corrected chi connectivity index (χ1v) is 14.4. The van der Waals surface area contributed by atoms with Crippen LogP contribution in [0.1, 0.15) is 37.9 Å². The van der Waals surface area contributed by atoms with Gasteiger partial charge in [-0.05, 0) is 44.0 Å². The number of aliphatic carboxylic acids is 1. The minimum absolute atomic E-state index is 0.0524. The number of carboxylic acid groups (broad SMARTS) is 1. The van der Waals surface area contributed by atoms with Crippen LogP contribution in [-0.2, 0) is 30.5 Å². The quantitative estimate of drug-likeness (QED) is 0.194. The van der Waals surface area contributed by atoms with Crippen LogP contribution in [0.15, 0.2) is 40.7 Å². The molecule has 0 radical (unpaired) electrons. The third kappa shape index (κ3) is 6.94. The molecule has 0 saturated carbocycles. The van der Waals surface area contributed by atoms with Crippen LogP contribution < -0.4 is 10.6 Å². The molecule has 1 aromatic heterocycles. The third-order valence-electron chi connectivity index (χ3n) is 5.99. The second kappa shape index (κ2) is 12.4. The molecule has 2 aliphatic rings. The smallest absolute Gasteiger partial charge is 0.408 e. The van der Waals surface area contributed by atoms with E-state index in [0.717, 1.165) is 0 Å². The summed E-state index contributed by atoms with van der Waals surface area (Å²) in [5.74, 6) is -1.98. The van der Waals surface area contributed by atoms with E-state index in [2.05, 4.69) is 26.0 Å². The predicted molar refractivity (Wildman–Crippen MR) is 148 cm³/mol. The number of rotatable bonds is 10. The van der Waals surface area contributed by atoms with Crippen LogP contribution in [0, 0.1) is 0 Å². The van der Waals surface area contributed by atoms with Gasteiger partial charge in [0.25, 0.3) is 5.91 Å². The molecule has 16 heteroatoms. The van der Waals surface area contributed by atoms with Gasteiger partial charge in [0.05, 0.1) is 12.8 Å². The van der Waals surface area contributed by atoms with Crippen LogP contribution in [0.2, 0.25) is 0 Å². The molecule has 0 spiro atoms. The second-order valence-electron chi connectivity index (χ2n) is 10.2. The standard InChI is InChI=1S/C25H30N6O8S2/c1-25(2,3)39-24(37)28-17(12-5-6-15(32)13(7-12)9-38-4)20(33)27-18-21(34)31-19(23(35)36)14(11-41-22(18)31)10-40-16-8-26-30-29-16/h5-8,17-18,22,32H,9-11H2,1-4H3,(H,27,33)(H,28,37)(H,35,36)(H,26,29,30). The molecule has 14 nitrogen and oxygen atoms in total. The SMILES string of the molecule is COCc1cc(C(NC(=O)OC(C)(C)C)C(=O)NC2C(=O)N3C(C(=O)O)=C(CSc4cn[nH]n4)CSC23)ccc1O. The van der Waals surface area contributed by atoms with Crippen LogP contribution in [0.5, 0.6) is 5.75 Å². The number of ether oxygens (including phenoxy) is 2. The molecular weight excluding hydrogens is 576 g/mol. The number of phenols is 1. The van der Waals surface area contributed by atoms with Crippen LogP contribution in [0.4, 0.5) is 4.79 Å². The number of thioether (sulfide) groups is 2. The summed E-state index contributed by atoms with van der Waals surface area (Å²) in [6.07, 6.45) is 0.650. The van der Waals surface area contributed by atoms with E-state index in [1.165, 1.54) is 59.9 Å². The Kier molecular flexibility index (Phi) is 9.14. The Balaban J connectivity index is 1.54. The fraction of sp³-hybridized carbons (Fsp3) is 0.440. The van der Waals surface area contributed by atoms with Crippen LogP contribution in [0.25, 0.3) is 0 Å². The average Bonchev–Trinajstić information content (AvgIpc) is 3.42. The average molecular weight is 607 g/mol. The number of β-lactam (4-membered cyclic amide) rings is 1. The summed E-state index contributed by atoms with van der Waals surface area (Å²) in [5, 5.41) is 35.4. The molecule has 3 heterocycles. The highest BCUT2D eigenvalue weighted by molar-refractivity contribution is 8.01. The van der Waals surface area contributed by atoms with Crippen molar-refractivity contribution in [3.63, 3.8) is 0 Å². The highest BCUT2D eigenvalue weighted by Crippen LogP contribution is 2.41. The molecule has 2 aliphatic heterocycles. The molecule has 0 bridgehead atoms. The van der Waals surface area contributed by atoms with Crippen molar-refractivity contribution < 1.29 is 38.9 Å². The molecule has 1 aromatic carbocycles. The Labute approximate surface area is 243 Å². The van der Waals surface area contributed by atoms with E-state index >= 15 is 0 Å². The van der Waals surface area contributed by atoms with Gasteiger partial charge in [-0.25, -0.2) is 9.59 Å². The number of amides is 3. The summed E-state index contributed by atoms with van der Waals surface area (Å²) in [4.78, 5) is 52.7. The van der Waals surface area contributed by atoms with Crippen molar-refractivity contribution in [3.8, 4) is 5.75 Å². The predicted octanol–water partition coefficient (Wildman–Crippen LogP) is 1.75. The fourth-order valence-corrected chi connectivity index (χ4v) is 6.50. The topological polar surface area (TPSA) is 196 Å². The fourth-order valence-electron chi connectivity index (χ4n) is 4.23. The molecule has 1 fully saturated rings. The Hall–Kier alpha value is -3.76. The van der Waals surface area contributed by atoms with E-state index in [4.69, 9.17) is 9.47 Å². The zero-order valence-electron chi connectivity index (χ0n) is 22.7. The van der Waals surface area contributed by atoms with Gasteiger partial charge in [0.15, 0.2) is 0 Å². The zero-order chi connectivity index (χ0) is 29.9. The monoisotopic (exact) mass is 606 g/mol. The number of aromatic nitrogens is 3. The summed E-state index contributed by atoms with van der Waals surface area (Å²) in [6.45, 7) is 5.07. The number of carboxylic acids is 1. The van der Waals surface area contributed by atoms with Gasteiger partial charge in [0, 0.05) is 24.2 Å². The van der Waals surface area contributed by atoms with Crippen LogP contribution in [0.3, 0.4) is 0 Å². The van der Waals surface area contributed by atoms with E-state index in [-0.39, 0.29) is 18.1 Å². The van der Waals surface area contributed by atoms with Crippen molar-refractivity contribution in [1.29, 1.82) is 0 Å². The molecule has 5 N–H and O–H groups in total. The highest BCUT2D eigenvalue weighted by atomic mass is 32.2. The number of methoxy groups -OCH3 is 1. The number of aromatic amines is 1. The van der Waals surface area contributed by atoms with Gasteiger partial charge in [-0.1, -0.05) is 17.8 Å². The Morgan fingerprint density at radius 2 is 2.07 bits per heavy atom. The maximum absolute atomic E-state index is 13.5. The van der Waals surface area contributed by atoms with E-state index in [1.807, 2.05) is 0 Å². The first kappa shape index (κ1) is 30.2. The van der Waals surface area contributed by atoms with Crippen molar-refractivity contribution in [2.75, 3.05) is 18.6 Å². The maximum Gasteiger partial charge on any atom is 0.408 e. The molecule has 0 aliphatic carbocycles. The van der Waals surface area contributed by atoms with Gasteiger partial charge in [-0.3, -0.25) is 14.5 Å². The molecule has 3 atom stereocenters. The second-order valence-corrected chi connectivity index (χ2v) is 12.3. The third-order valence-corrected chi connectivity index (χ3v) is 8.32. The number of aromatic hydroxyl groups is 1. The lowest BCUT2D eigenvalue weighted by molar-refractivity contribution is -0.151. The van der Waals surface area contributed by atoms with Gasteiger partial charge in [-0.2, -0.15) is 10.3 Å². The van der Waals surface area contributed by atoms with Crippen molar-refractivity contribution in [3.05, 3.63) is 46.8 Å². The lowest BCUT2D eigenvalue weighted by atomic mass is 10.00. The van der Waals surface area contributed by atoms with Gasteiger partial charge >= 0.3 is 12.1 Å². The zero-order valence-corrected chi connectivity index (χ0v) is 24.3. The molecule has 41 heavy (non-hydrogen) atoms. The normalized spacial score (nSPS) is 19.2. The number of carbonyl (C=O) groups is 4. The molecule has 1 saturated heterocycles. The number of hydrogen-bond acceptors (Lipinski definition) is 11. The lowest BCUT2D eigenvalue weighted by Gasteiger charge is -2.49. The van der Waals surface area contributed by atoms with Crippen molar-refractivity contribution >= 4 is 47.4 Å². The minimum atomic E-state index is -1.29. The van der Waals surface area contributed by atoms with E-state index < -0.39 is 46.9 Å². The highest BCUT2D eigenvalue weighted by Gasteiger charge is 2.54. The molecule has 220 valence electrons. The molecule has 3 unspecified atom stereocenters. The number of nitrogens with one attached hydrogen (secondary N) is 3. The van der Waals surface area contributed by atoms with Gasteiger partial charge in [0.1, 0.15) is 39.5 Å². The summed E-state index contributed by atoms with van der Waals surface area (Å²) < 4.78 is 10.4. The van der Waals surface area contributed by atoms with Gasteiger partial charge < -0.3 is 30.3 Å². The number of nitrogens with zero attached hydrogens (tertiary/aromatic N) is 3. The first-order chi connectivity index (χ1) is 19.4. The van der Waals surface area contributed by atoms with E-state index in [1.54, 1.807) is 20.8 Å². The molecule has 4 rings (SSSR count). The first-order valence-electron chi connectivity index (χ1n) is 12.4. The number of hydrogen-bond donors (Lipinski definition) is 5. The van der Waals surface area contributed by atoms with Crippen LogP contribution >= 0.6 is 23.5 Å². The largest absolute Gasteiger partial charge is 0.508 e. The Bertz CT molecular complexity index is 1360. The number of H-pyrrole nitrogens is 1. The lowest BCUT2D eigenvalue weighted by Crippen LogP contribution is -2.71. The summed E-state index contributed by atoms with van der Waals surface area (Å²) in [5.41, 5.74) is 0.287. The minimum Gasteiger partial charge on any atom is -0.508 e. The van der Waals surface area contributed by atoms with Crippen LogP contribution in [-0.4, -0.2) is 90.0 Å². The number of carbonyl (C=O) groups excluding carboxylic acids is 3. The van der Waals surface area contributed by atoms with Gasteiger partial charge in [-0.15, -0.1) is 16.9 Å². The van der Waals surface area contributed by atoms with E-state index in [0.29, 0.717) is 33.2 Å². The van der Waals surface area contributed by atoms with E-state index in [9.17, 15) is 29.4 Å². The van der Waals surface area contributed by atoms with Gasteiger partial charge in [0.2, 0.25) is 5.91 Å². The number of phenolic OH excluding ortho intramolecular Hbond substituents is 1. The Morgan fingerprint density at radius 1 is 1.32 bits per heavy atom. The summed E-state index contributed by atoms with van der Waals surface area (Å²) >= 11 is 2.61. The summed E-state index contributed by atoms with van der Waals surface area (Å²) in [7, 11) is 1.45. The molecule has 2 aromatic rings. The molecular formula is C25H30N6O8S2. The van der Waals surface area contributed by atoms with Crippen molar-refractivity contribution in [1.82, 2.24) is 30.9 Å². The molecule has 3 amide bonds.